The van der Waals surface area contributed by atoms with Crippen LogP contribution >= 0.6 is 0 Å². The van der Waals surface area contributed by atoms with E-state index in [-0.39, 0.29) is 66.2 Å². The minimum absolute atomic E-state index is 0.000168. The van der Waals surface area contributed by atoms with Crippen molar-refractivity contribution in [2.75, 3.05) is 39.3 Å². The monoisotopic (exact) mass is 690 g/mol. The predicted molar refractivity (Wildman–Crippen MR) is 192 cm³/mol. The van der Waals surface area contributed by atoms with E-state index in [9.17, 15) is 24.0 Å². The van der Waals surface area contributed by atoms with Crippen molar-refractivity contribution in [1.82, 2.24) is 31.1 Å². The summed E-state index contributed by atoms with van der Waals surface area (Å²) in [4.78, 5) is 70.1. The Morgan fingerprint density at radius 1 is 0.843 bits per heavy atom. The maximum Gasteiger partial charge on any atom is 0.253 e. The molecule has 4 aliphatic rings. The molecule has 2 saturated carbocycles. The van der Waals surface area contributed by atoms with Gasteiger partial charge in [-0.1, -0.05) is 60.7 Å². The average Bonchev–Trinajstić information content (AvgIpc) is 4.05. The molecule has 2 saturated heterocycles. The summed E-state index contributed by atoms with van der Waals surface area (Å²) < 4.78 is 0. The Morgan fingerprint density at radius 3 is 2.16 bits per heavy atom. The van der Waals surface area contributed by atoms with Crippen LogP contribution in [0.25, 0.3) is 0 Å². The normalized spacial score (nSPS) is 24.8. The van der Waals surface area contributed by atoms with Gasteiger partial charge in [-0.05, 0) is 68.0 Å². The number of nitrogens with one attached hydrogen (secondary N) is 4. The number of carbonyl (C=O) groups is 5. The highest BCUT2D eigenvalue weighted by Crippen LogP contribution is 2.42. The number of benzene rings is 3. The van der Waals surface area contributed by atoms with Crippen LogP contribution in [0.4, 0.5) is 0 Å². The number of hydrogen-bond acceptors (Lipinski definition) is 6. The number of rotatable bonds is 12. The summed E-state index contributed by atoms with van der Waals surface area (Å²) in [6.07, 6.45) is 3.30. The third kappa shape index (κ3) is 7.83. The van der Waals surface area contributed by atoms with Crippen LogP contribution in [0.3, 0.4) is 0 Å². The quantitative estimate of drug-likeness (QED) is 0.231. The van der Waals surface area contributed by atoms with E-state index in [1.165, 1.54) is 5.56 Å². The Balaban J connectivity index is 1.01. The Hall–Kier alpha value is -5.03. The number of nitrogens with zero attached hydrogens (tertiary/aromatic N) is 2. The van der Waals surface area contributed by atoms with Crippen LogP contribution in [-0.2, 0) is 20.8 Å². The molecule has 7 rings (SSSR count). The lowest BCUT2D eigenvalue weighted by Crippen LogP contribution is -2.58. The highest BCUT2D eigenvalue weighted by atomic mass is 16.2. The summed E-state index contributed by atoms with van der Waals surface area (Å²) in [7, 11) is 0. The van der Waals surface area contributed by atoms with Crippen LogP contribution < -0.4 is 21.3 Å². The molecule has 0 bridgehead atoms. The molecule has 11 heteroatoms. The number of likely N-dealkylation sites (N-methyl/N-ethyl adjacent to an activating group) is 1. The lowest BCUT2D eigenvalue weighted by molar-refractivity contribution is -0.134. The summed E-state index contributed by atoms with van der Waals surface area (Å²) in [6.45, 7) is 3.95. The summed E-state index contributed by atoms with van der Waals surface area (Å²) in [5, 5.41) is 12.5. The lowest BCUT2D eigenvalue weighted by atomic mass is 9.93. The second kappa shape index (κ2) is 14.7. The van der Waals surface area contributed by atoms with Gasteiger partial charge in [0.25, 0.3) is 11.8 Å². The van der Waals surface area contributed by atoms with Crippen molar-refractivity contribution in [1.29, 1.82) is 0 Å². The van der Waals surface area contributed by atoms with Gasteiger partial charge < -0.3 is 31.1 Å². The molecule has 51 heavy (non-hydrogen) atoms. The fraction of sp³-hybridized carbons (Fsp3) is 0.425. The second-order valence-electron chi connectivity index (χ2n) is 14.5. The van der Waals surface area contributed by atoms with E-state index in [0.29, 0.717) is 37.3 Å². The van der Waals surface area contributed by atoms with Crippen molar-refractivity contribution in [2.24, 2.45) is 11.8 Å². The van der Waals surface area contributed by atoms with Crippen LogP contribution in [-0.4, -0.2) is 96.2 Å². The molecule has 3 aromatic carbocycles. The molecule has 3 aromatic rings. The molecule has 266 valence electrons. The molecule has 4 fully saturated rings. The SMILES string of the molecule is CCN1C(=O)CNC[C@@H]1CNC(=O)c1ccc(C(=O)N2C[C@@H](C(=O)N[C@H]3C[C@@H]3c3ccccc3)[C@H](C(=O)NC3(Cc4ccccc4)CC3)C2)cc1. The molecule has 2 aliphatic heterocycles. The standard InChI is InChI=1S/C40H46N6O5/c1-2-46-30(21-41-23-35(46)47)22-42-36(48)28-13-15-29(16-14-28)39(51)45-24-32(37(49)43-34-19-31(34)27-11-7-4-8-12-27)33(25-45)38(50)44-40(17-18-40)20-26-9-5-3-6-10-26/h3-16,30-34,41H,2,17-25H2,1H3,(H,42,48)(H,43,49)(H,44,50)/t30-,31-,32-,33-,34+/m1/s1. The van der Waals surface area contributed by atoms with Crippen molar-refractivity contribution in [3.05, 3.63) is 107 Å². The van der Waals surface area contributed by atoms with Crippen molar-refractivity contribution < 1.29 is 24.0 Å². The molecule has 11 nitrogen and oxygen atoms in total. The first-order valence-electron chi connectivity index (χ1n) is 18.1. The molecule has 0 radical (unpaired) electrons. The number of likely N-dealkylation sites (tertiary alicyclic amines) is 1. The fourth-order valence-electron chi connectivity index (χ4n) is 7.69. The van der Waals surface area contributed by atoms with E-state index in [1.807, 2.05) is 43.3 Å². The highest BCUT2D eigenvalue weighted by Gasteiger charge is 2.50. The molecular formula is C40H46N6O5. The number of hydrogen-bond donors (Lipinski definition) is 4. The van der Waals surface area contributed by atoms with Gasteiger partial charge in [-0.25, -0.2) is 0 Å². The smallest absolute Gasteiger partial charge is 0.253 e. The van der Waals surface area contributed by atoms with Gasteiger partial charge in [-0.15, -0.1) is 0 Å². The zero-order valence-corrected chi connectivity index (χ0v) is 29.0. The molecule has 5 amide bonds. The van der Waals surface area contributed by atoms with E-state index in [4.69, 9.17) is 0 Å². The van der Waals surface area contributed by atoms with Gasteiger partial charge in [0.15, 0.2) is 0 Å². The Labute approximate surface area is 298 Å². The number of piperazine rings is 1. The first-order chi connectivity index (χ1) is 24.7. The lowest BCUT2D eigenvalue weighted by Gasteiger charge is -2.35. The second-order valence-corrected chi connectivity index (χ2v) is 14.5. The predicted octanol–water partition coefficient (Wildman–Crippen LogP) is 2.49. The van der Waals surface area contributed by atoms with E-state index >= 15 is 0 Å². The fourth-order valence-corrected chi connectivity index (χ4v) is 7.69. The van der Waals surface area contributed by atoms with E-state index in [0.717, 1.165) is 31.2 Å². The zero-order chi connectivity index (χ0) is 35.5. The molecule has 2 aliphatic carbocycles. The third-order valence-corrected chi connectivity index (χ3v) is 10.9. The summed E-state index contributed by atoms with van der Waals surface area (Å²) in [6, 6.07) is 26.5. The summed E-state index contributed by atoms with van der Waals surface area (Å²) >= 11 is 0. The van der Waals surface area contributed by atoms with Crippen molar-refractivity contribution in [3.63, 3.8) is 0 Å². The van der Waals surface area contributed by atoms with Crippen LogP contribution in [0, 0.1) is 11.8 Å². The summed E-state index contributed by atoms with van der Waals surface area (Å²) in [5.41, 5.74) is 2.76. The van der Waals surface area contributed by atoms with Crippen LogP contribution in [0.15, 0.2) is 84.9 Å². The Kier molecular flexibility index (Phi) is 9.90. The highest BCUT2D eigenvalue weighted by molar-refractivity contribution is 5.99. The van der Waals surface area contributed by atoms with Gasteiger partial charge in [-0.3, -0.25) is 24.0 Å². The molecule has 0 spiro atoms. The van der Waals surface area contributed by atoms with Crippen molar-refractivity contribution in [3.8, 4) is 0 Å². The van der Waals surface area contributed by atoms with E-state index in [2.05, 4.69) is 45.5 Å². The van der Waals surface area contributed by atoms with Crippen LogP contribution in [0.5, 0.6) is 0 Å². The third-order valence-electron chi connectivity index (χ3n) is 10.9. The molecule has 2 heterocycles. The maximum absolute atomic E-state index is 14.0. The van der Waals surface area contributed by atoms with Crippen molar-refractivity contribution in [2.45, 2.75) is 56.1 Å². The van der Waals surface area contributed by atoms with Gasteiger partial charge in [0.2, 0.25) is 17.7 Å². The summed E-state index contributed by atoms with van der Waals surface area (Å²) in [5.74, 6) is -2.11. The average molecular weight is 691 g/mol. The zero-order valence-electron chi connectivity index (χ0n) is 29.0. The van der Waals surface area contributed by atoms with E-state index < -0.39 is 11.8 Å². The first kappa shape index (κ1) is 34.4. The largest absolute Gasteiger partial charge is 0.352 e. The van der Waals surface area contributed by atoms with Crippen molar-refractivity contribution >= 4 is 29.5 Å². The minimum Gasteiger partial charge on any atom is -0.352 e. The minimum atomic E-state index is -0.690. The molecule has 0 aromatic heterocycles. The van der Waals surface area contributed by atoms with Gasteiger partial charge in [0.05, 0.1) is 24.4 Å². The number of amides is 5. The first-order valence-corrected chi connectivity index (χ1v) is 18.1. The number of carbonyl (C=O) groups excluding carboxylic acids is 5. The van der Waals surface area contributed by atoms with Crippen LogP contribution in [0.1, 0.15) is 63.9 Å². The topological polar surface area (TPSA) is 140 Å². The van der Waals surface area contributed by atoms with Gasteiger partial charge in [0, 0.05) is 61.3 Å². The molecular weight excluding hydrogens is 644 g/mol. The maximum atomic E-state index is 14.0. The Morgan fingerprint density at radius 2 is 1.49 bits per heavy atom. The van der Waals surface area contributed by atoms with Gasteiger partial charge in [-0.2, -0.15) is 0 Å². The molecule has 5 atom stereocenters. The van der Waals surface area contributed by atoms with E-state index in [1.54, 1.807) is 34.1 Å². The molecule has 4 N–H and O–H groups in total. The van der Waals surface area contributed by atoms with Gasteiger partial charge >= 0.3 is 0 Å². The Bertz CT molecular complexity index is 1760. The van der Waals surface area contributed by atoms with Gasteiger partial charge in [0.1, 0.15) is 0 Å². The van der Waals surface area contributed by atoms with Crippen LogP contribution in [0.2, 0.25) is 0 Å². The molecule has 0 unspecified atom stereocenters.